The quantitative estimate of drug-likeness (QED) is 0.820. The minimum atomic E-state index is -0.165. The van der Waals surface area contributed by atoms with E-state index in [-0.39, 0.29) is 18.6 Å². The third kappa shape index (κ3) is 3.83. The molecule has 0 bridgehead atoms. The van der Waals surface area contributed by atoms with Crippen molar-refractivity contribution >= 4 is 5.91 Å². The van der Waals surface area contributed by atoms with E-state index < -0.39 is 0 Å². The molecule has 0 unspecified atom stereocenters. The number of hydrogen-bond donors (Lipinski definition) is 2. The van der Waals surface area contributed by atoms with Crippen LogP contribution in [0.1, 0.15) is 16.8 Å². The van der Waals surface area contributed by atoms with E-state index in [1.165, 1.54) is 0 Å². The van der Waals surface area contributed by atoms with Gasteiger partial charge in [0.25, 0.3) is 0 Å². The van der Waals surface area contributed by atoms with E-state index in [1.54, 1.807) is 4.68 Å². The smallest absolute Gasteiger partial charge is 0.237 e. The Morgan fingerprint density at radius 3 is 2.88 bits per heavy atom. The van der Waals surface area contributed by atoms with Gasteiger partial charge in [-0.3, -0.25) is 14.4 Å². The largest absolute Gasteiger partial charge is 0.394 e. The number of nitrogens with one attached hydrogen (secondary N) is 1. The molecular weight excluding hydrogens is 304 g/mol. The molecule has 2 heterocycles. The molecule has 1 aliphatic heterocycles. The van der Waals surface area contributed by atoms with Crippen molar-refractivity contribution in [2.75, 3.05) is 19.7 Å². The molecule has 6 nitrogen and oxygen atoms in total. The van der Waals surface area contributed by atoms with Crippen LogP contribution < -0.4 is 5.32 Å². The molecule has 24 heavy (non-hydrogen) atoms. The number of rotatable bonds is 6. The highest BCUT2D eigenvalue weighted by molar-refractivity contribution is 5.82. The summed E-state index contributed by atoms with van der Waals surface area (Å²) in [5.74, 6) is 0.0884. The average Bonchev–Trinajstić information content (AvgIpc) is 2.92. The summed E-state index contributed by atoms with van der Waals surface area (Å²) in [5.41, 5.74) is 3.22. The molecule has 1 aliphatic rings. The molecule has 1 aromatic carbocycles. The van der Waals surface area contributed by atoms with Crippen molar-refractivity contribution in [1.29, 1.82) is 0 Å². The van der Waals surface area contributed by atoms with Crippen LogP contribution in [-0.4, -0.2) is 51.4 Å². The molecule has 1 saturated heterocycles. The zero-order valence-electron chi connectivity index (χ0n) is 14.0. The van der Waals surface area contributed by atoms with Gasteiger partial charge in [-0.2, -0.15) is 5.10 Å². The van der Waals surface area contributed by atoms with Gasteiger partial charge in [-0.05, 0) is 18.9 Å². The van der Waals surface area contributed by atoms with E-state index in [0.29, 0.717) is 26.1 Å². The Bertz CT molecular complexity index is 684. The molecule has 2 aromatic rings. The third-order valence-electron chi connectivity index (χ3n) is 4.46. The summed E-state index contributed by atoms with van der Waals surface area (Å²) in [4.78, 5) is 14.6. The minimum absolute atomic E-state index is 0.0727. The van der Waals surface area contributed by atoms with Crippen LogP contribution in [0.5, 0.6) is 0 Å². The van der Waals surface area contributed by atoms with E-state index in [1.807, 2.05) is 31.3 Å². The fraction of sp³-hybridized carbons (Fsp3) is 0.444. The molecule has 0 spiro atoms. The predicted octanol–water partition coefficient (Wildman–Crippen LogP) is 0.727. The first kappa shape index (κ1) is 16.7. The number of nitrogens with zero attached hydrogens (tertiary/aromatic N) is 3. The normalized spacial score (nSPS) is 18.6. The van der Waals surface area contributed by atoms with Gasteiger partial charge in [-0.15, -0.1) is 0 Å². The Morgan fingerprint density at radius 2 is 2.12 bits per heavy atom. The average molecular weight is 328 g/mol. The fourth-order valence-corrected chi connectivity index (χ4v) is 3.16. The molecule has 0 saturated carbocycles. The van der Waals surface area contributed by atoms with Crippen molar-refractivity contribution in [2.45, 2.75) is 32.5 Å². The van der Waals surface area contributed by atoms with Crippen LogP contribution in [0.2, 0.25) is 0 Å². The Labute approximate surface area is 142 Å². The van der Waals surface area contributed by atoms with Crippen molar-refractivity contribution in [3.63, 3.8) is 0 Å². The summed E-state index contributed by atoms with van der Waals surface area (Å²) in [6.45, 7) is 4.74. The van der Waals surface area contributed by atoms with Crippen LogP contribution >= 0.6 is 0 Å². The van der Waals surface area contributed by atoms with Gasteiger partial charge in [0, 0.05) is 31.4 Å². The van der Waals surface area contributed by atoms with Crippen LogP contribution in [0.4, 0.5) is 0 Å². The molecule has 3 rings (SSSR count). The lowest BCUT2D eigenvalue weighted by molar-refractivity contribution is -0.129. The van der Waals surface area contributed by atoms with Gasteiger partial charge in [0.2, 0.25) is 5.91 Å². The fourth-order valence-electron chi connectivity index (χ4n) is 3.16. The summed E-state index contributed by atoms with van der Waals surface area (Å²) in [6, 6.07) is 9.95. The summed E-state index contributed by atoms with van der Waals surface area (Å²) in [5, 5.41) is 16.5. The molecule has 2 N–H and O–H groups in total. The van der Waals surface area contributed by atoms with E-state index in [0.717, 1.165) is 23.4 Å². The van der Waals surface area contributed by atoms with Crippen molar-refractivity contribution in [1.82, 2.24) is 20.0 Å². The molecule has 1 aromatic heterocycles. The van der Waals surface area contributed by atoms with E-state index >= 15 is 0 Å². The number of aliphatic hydroxyl groups is 1. The van der Waals surface area contributed by atoms with Crippen molar-refractivity contribution < 1.29 is 9.90 Å². The van der Waals surface area contributed by atoms with E-state index in [2.05, 4.69) is 27.4 Å². The van der Waals surface area contributed by atoms with Crippen molar-refractivity contribution in [2.24, 2.45) is 0 Å². The Balaban J connectivity index is 1.75. The monoisotopic (exact) mass is 328 g/mol. The maximum Gasteiger partial charge on any atom is 0.237 e. The van der Waals surface area contributed by atoms with Crippen molar-refractivity contribution in [3.05, 3.63) is 53.3 Å². The highest BCUT2D eigenvalue weighted by atomic mass is 16.3. The highest BCUT2D eigenvalue weighted by Crippen LogP contribution is 2.17. The van der Waals surface area contributed by atoms with Crippen LogP contribution in [-0.2, 0) is 24.3 Å². The van der Waals surface area contributed by atoms with Crippen LogP contribution in [0.25, 0.3) is 0 Å². The van der Waals surface area contributed by atoms with Gasteiger partial charge < -0.3 is 10.4 Å². The number of aliphatic hydroxyl groups excluding tert-OH is 1. The van der Waals surface area contributed by atoms with Gasteiger partial charge in [0.05, 0.1) is 24.9 Å². The summed E-state index contributed by atoms with van der Waals surface area (Å²) >= 11 is 0. The van der Waals surface area contributed by atoms with Crippen LogP contribution in [0.15, 0.2) is 36.5 Å². The first-order chi connectivity index (χ1) is 11.7. The Kier molecular flexibility index (Phi) is 5.27. The van der Waals surface area contributed by atoms with Crippen LogP contribution in [0.3, 0.4) is 0 Å². The first-order valence-electron chi connectivity index (χ1n) is 8.37. The second-order valence-electron chi connectivity index (χ2n) is 6.19. The second kappa shape index (κ2) is 7.59. The molecular formula is C18H24N4O2. The lowest BCUT2D eigenvalue weighted by Gasteiger charge is -2.35. The van der Waals surface area contributed by atoms with Gasteiger partial charge in [-0.25, -0.2) is 0 Å². The number of piperazine rings is 1. The number of amides is 1. The molecule has 1 atom stereocenters. The number of carbonyl (C=O) groups excluding carboxylic acids is 1. The standard InChI is InChI=1S/C18H24N4O2/c1-14-16(13-22(20-14)9-10-23)12-21-8-7-19-18(24)17(21)11-15-5-3-2-4-6-15/h2-6,13,17,23H,7-12H2,1H3,(H,19,24)/t17-/m0/s1. The van der Waals surface area contributed by atoms with Gasteiger partial charge in [0.1, 0.15) is 0 Å². The van der Waals surface area contributed by atoms with Gasteiger partial charge >= 0.3 is 0 Å². The van der Waals surface area contributed by atoms with Crippen molar-refractivity contribution in [3.8, 4) is 0 Å². The topological polar surface area (TPSA) is 70.4 Å². The van der Waals surface area contributed by atoms with E-state index in [9.17, 15) is 4.79 Å². The lowest BCUT2D eigenvalue weighted by atomic mass is 10.0. The second-order valence-corrected chi connectivity index (χ2v) is 6.19. The molecule has 1 amide bonds. The molecule has 128 valence electrons. The zero-order valence-corrected chi connectivity index (χ0v) is 14.0. The maximum atomic E-state index is 12.4. The number of aryl methyl sites for hydroxylation is 1. The summed E-state index contributed by atoms with van der Waals surface area (Å²) < 4.78 is 1.76. The summed E-state index contributed by atoms with van der Waals surface area (Å²) in [6.07, 6.45) is 2.67. The minimum Gasteiger partial charge on any atom is -0.394 e. The van der Waals surface area contributed by atoms with Crippen LogP contribution in [0, 0.1) is 6.92 Å². The lowest BCUT2D eigenvalue weighted by Crippen LogP contribution is -2.55. The molecule has 6 heteroatoms. The third-order valence-corrected chi connectivity index (χ3v) is 4.46. The molecule has 1 fully saturated rings. The molecule has 0 radical (unpaired) electrons. The number of benzene rings is 1. The van der Waals surface area contributed by atoms with E-state index in [4.69, 9.17) is 5.11 Å². The maximum absolute atomic E-state index is 12.4. The summed E-state index contributed by atoms with van der Waals surface area (Å²) in [7, 11) is 0. The predicted molar refractivity (Wildman–Crippen MR) is 91.4 cm³/mol. The zero-order chi connectivity index (χ0) is 16.9. The Morgan fingerprint density at radius 1 is 1.33 bits per heavy atom. The Hall–Kier alpha value is -2.18. The number of aromatic nitrogens is 2. The SMILES string of the molecule is Cc1nn(CCO)cc1CN1CCNC(=O)[C@@H]1Cc1ccccc1. The molecule has 0 aliphatic carbocycles. The first-order valence-corrected chi connectivity index (χ1v) is 8.37. The van der Waals surface area contributed by atoms with Gasteiger partial charge in [0.15, 0.2) is 0 Å². The highest BCUT2D eigenvalue weighted by Gasteiger charge is 2.30. The van der Waals surface area contributed by atoms with Gasteiger partial charge in [-0.1, -0.05) is 30.3 Å². The number of hydrogen-bond acceptors (Lipinski definition) is 4. The number of carbonyl (C=O) groups is 1.